The summed E-state index contributed by atoms with van der Waals surface area (Å²) in [7, 11) is 0. The number of hydrogen-bond acceptors (Lipinski definition) is 0. The maximum atomic E-state index is 13.1. The molecular formula is C15H13ClF2. The Kier molecular flexibility index (Phi) is 3.97. The van der Waals surface area contributed by atoms with E-state index in [1.807, 2.05) is 6.07 Å². The van der Waals surface area contributed by atoms with E-state index in [1.54, 1.807) is 25.1 Å². The molecule has 0 N–H and O–H groups in total. The molecule has 2 rings (SSSR count). The molecular weight excluding hydrogens is 254 g/mol. The fourth-order valence-electron chi connectivity index (χ4n) is 1.85. The highest BCUT2D eigenvalue weighted by atomic mass is 35.5. The van der Waals surface area contributed by atoms with Crippen molar-refractivity contribution < 1.29 is 8.78 Å². The molecule has 0 amide bonds. The molecule has 1 atom stereocenters. The lowest BCUT2D eigenvalue weighted by molar-refractivity contribution is 0.617. The molecule has 2 aromatic rings. The van der Waals surface area contributed by atoms with Crippen LogP contribution < -0.4 is 0 Å². The predicted molar refractivity (Wildman–Crippen MR) is 69.8 cm³/mol. The maximum absolute atomic E-state index is 13.1. The Bertz CT molecular complexity index is 552. The smallest absolute Gasteiger partial charge is 0.126 e. The van der Waals surface area contributed by atoms with E-state index < -0.39 is 0 Å². The van der Waals surface area contributed by atoms with Crippen molar-refractivity contribution in [2.24, 2.45) is 0 Å². The van der Waals surface area contributed by atoms with Crippen LogP contribution in [0.25, 0.3) is 0 Å². The molecule has 1 unspecified atom stereocenters. The van der Waals surface area contributed by atoms with Crippen LogP contribution in [-0.2, 0) is 6.42 Å². The standard InChI is InChI=1S/C15H13ClF2/c1-10-7-12(5-6-15(10)18)14(16)9-11-3-2-4-13(17)8-11/h2-8,14H,9H2,1H3. The lowest BCUT2D eigenvalue weighted by Gasteiger charge is -2.11. The van der Waals surface area contributed by atoms with Gasteiger partial charge in [-0.2, -0.15) is 0 Å². The van der Waals surface area contributed by atoms with Crippen molar-refractivity contribution in [1.82, 2.24) is 0 Å². The largest absolute Gasteiger partial charge is 0.207 e. The van der Waals surface area contributed by atoms with Gasteiger partial charge in [0.15, 0.2) is 0 Å². The summed E-state index contributed by atoms with van der Waals surface area (Å²) in [6, 6.07) is 11.1. The topological polar surface area (TPSA) is 0 Å². The molecule has 0 aliphatic heterocycles. The zero-order valence-electron chi connectivity index (χ0n) is 9.96. The van der Waals surface area contributed by atoms with Crippen LogP contribution in [-0.4, -0.2) is 0 Å². The van der Waals surface area contributed by atoms with E-state index in [4.69, 9.17) is 11.6 Å². The molecule has 0 saturated heterocycles. The zero-order chi connectivity index (χ0) is 13.1. The fraction of sp³-hybridized carbons (Fsp3) is 0.200. The Hall–Kier alpha value is -1.41. The number of halogens is 3. The molecule has 0 aliphatic carbocycles. The molecule has 0 aliphatic rings. The van der Waals surface area contributed by atoms with Gasteiger partial charge in [0.1, 0.15) is 11.6 Å². The van der Waals surface area contributed by atoms with Gasteiger partial charge in [-0.05, 0) is 48.2 Å². The van der Waals surface area contributed by atoms with Gasteiger partial charge in [-0.1, -0.05) is 24.3 Å². The van der Waals surface area contributed by atoms with Gasteiger partial charge in [0.2, 0.25) is 0 Å². The van der Waals surface area contributed by atoms with Crippen molar-refractivity contribution in [1.29, 1.82) is 0 Å². The van der Waals surface area contributed by atoms with E-state index in [9.17, 15) is 8.78 Å². The molecule has 0 spiro atoms. The van der Waals surface area contributed by atoms with Crippen molar-refractivity contribution in [2.75, 3.05) is 0 Å². The first kappa shape index (κ1) is 13.0. The van der Waals surface area contributed by atoms with Gasteiger partial charge in [-0.15, -0.1) is 11.6 Å². The van der Waals surface area contributed by atoms with E-state index in [2.05, 4.69) is 0 Å². The lowest BCUT2D eigenvalue weighted by Crippen LogP contribution is -1.97. The van der Waals surface area contributed by atoms with Gasteiger partial charge < -0.3 is 0 Å². The van der Waals surface area contributed by atoms with Gasteiger partial charge in [-0.25, -0.2) is 8.78 Å². The summed E-state index contributed by atoms with van der Waals surface area (Å²) in [5.74, 6) is -0.514. The van der Waals surface area contributed by atoms with Crippen molar-refractivity contribution in [3.8, 4) is 0 Å². The highest BCUT2D eigenvalue weighted by molar-refractivity contribution is 6.20. The first-order valence-electron chi connectivity index (χ1n) is 5.71. The molecule has 94 valence electrons. The molecule has 0 radical (unpaired) electrons. The Morgan fingerprint density at radius 3 is 2.56 bits per heavy atom. The van der Waals surface area contributed by atoms with Crippen LogP contribution in [0.5, 0.6) is 0 Å². The van der Waals surface area contributed by atoms with Crippen LogP contribution in [0.15, 0.2) is 42.5 Å². The third-order valence-electron chi connectivity index (χ3n) is 2.85. The Morgan fingerprint density at radius 2 is 1.89 bits per heavy atom. The number of alkyl halides is 1. The zero-order valence-corrected chi connectivity index (χ0v) is 10.7. The Morgan fingerprint density at radius 1 is 1.11 bits per heavy atom. The highest BCUT2D eigenvalue weighted by Gasteiger charge is 2.11. The molecule has 0 heterocycles. The van der Waals surface area contributed by atoms with Crippen molar-refractivity contribution in [3.63, 3.8) is 0 Å². The predicted octanol–water partition coefficient (Wildman–Crippen LogP) is 4.80. The van der Waals surface area contributed by atoms with Crippen LogP contribution in [0.3, 0.4) is 0 Å². The molecule has 2 aromatic carbocycles. The molecule has 0 aromatic heterocycles. The van der Waals surface area contributed by atoms with Gasteiger partial charge in [0.25, 0.3) is 0 Å². The first-order chi connectivity index (χ1) is 8.56. The monoisotopic (exact) mass is 266 g/mol. The van der Waals surface area contributed by atoms with Crippen molar-refractivity contribution in [2.45, 2.75) is 18.7 Å². The minimum atomic E-state index is -0.286. The van der Waals surface area contributed by atoms with Crippen LogP contribution >= 0.6 is 11.6 Å². The fourth-order valence-corrected chi connectivity index (χ4v) is 2.17. The SMILES string of the molecule is Cc1cc(C(Cl)Cc2cccc(F)c2)ccc1F. The second-order valence-electron chi connectivity index (χ2n) is 4.31. The molecule has 0 saturated carbocycles. The summed E-state index contributed by atoms with van der Waals surface area (Å²) < 4.78 is 26.2. The summed E-state index contributed by atoms with van der Waals surface area (Å²) in [6.45, 7) is 1.70. The Labute approximate surface area is 110 Å². The third-order valence-corrected chi connectivity index (χ3v) is 3.25. The summed E-state index contributed by atoms with van der Waals surface area (Å²) in [6.07, 6.45) is 0.518. The summed E-state index contributed by atoms with van der Waals surface area (Å²) in [5, 5.41) is -0.286. The average Bonchev–Trinajstić information content (AvgIpc) is 2.32. The number of benzene rings is 2. The number of aryl methyl sites for hydroxylation is 1. The summed E-state index contributed by atoms with van der Waals surface area (Å²) in [4.78, 5) is 0. The van der Waals surface area contributed by atoms with E-state index >= 15 is 0 Å². The van der Waals surface area contributed by atoms with Crippen LogP contribution in [0, 0.1) is 18.6 Å². The van der Waals surface area contributed by atoms with Gasteiger partial charge in [0, 0.05) is 0 Å². The van der Waals surface area contributed by atoms with Crippen molar-refractivity contribution >= 4 is 11.6 Å². The highest BCUT2D eigenvalue weighted by Crippen LogP contribution is 2.26. The minimum absolute atomic E-state index is 0.242. The average molecular weight is 267 g/mol. The van der Waals surface area contributed by atoms with Gasteiger partial charge >= 0.3 is 0 Å². The third kappa shape index (κ3) is 3.08. The van der Waals surface area contributed by atoms with E-state index in [-0.39, 0.29) is 17.0 Å². The van der Waals surface area contributed by atoms with Crippen LogP contribution in [0.4, 0.5) is 8.78 Å². The second-order valence-corrected chi connectivity index (χ2v) is 4.84. The molecule has 18 heavy (non-hydrogen) atoms. The number of hydrogen-bond donors (Lipinski definition) is 0. The van der Waals surface area contributed by atoms with Gasteiger partial charge in [0.05, 0.1) is 5.38 Å². The minimum Gasteiger partial charge on any atom is -0.207 e. The summed E-state index contributed by atoms with van der Waals surface area (Å²) >= 11 is 6.27. The van der Waals surface area contributed by atoms with E-state index in [0.29, 0.717) is 12.0 Å². The van der Waals surface area contributed by atoms with Crippen LogP contribution in [0.1, 0.15) is 22.1 Å². The normalized spacial score (nSPS) is 12.4. The summed E-state index contributed by atoms with van der Waals surface area (Å²) in [5.41, 5.74) is 2.24. The molecule has 0 nitrogen and oxygen atoms in total. The Balaban J connectivity index is 2.16. The lowest BCUT2D eigenvalue weighted by atomic mass is 10.0. The second kappa shape index (κ2) is 5.49. The molecule has 0 fully saturated rings. The van der Waals surface area contributed by atoms with E-state index in [1.165, 1.54) is 18.2 Å². The van der Waals surface area contributed by atoms with E-state index in [0.717, 1.165) is 11.1 Å². The van der Waals surface area contributed by atoms with Gasteiger partial charge in [-0.3, -0.25) is 0 Å². The van der Waals surface area contributed by atoms with Crippen LogP contribution in [0.2, 0.25) is 0 Å². The quantitative estimate of drug-likeness (QED) is 0.701. The molecule has 3 heteroatoms. The van der Waals surface area contributed by atoms with Crippen molar-refractivity contribution in [3.05, 3.63) is 70.8 Å². The number of rotatable bonds is 3. The maximum Gasteiger partial charge on any atom is 0.126 e. The first-order valence-corrected chi connectivity index (χ1v) is 6.14. The molecule has 0 bridgehead atoms.